The molecule has 0 amide bonds. The Kier molecular flexibility index (Phi) is 5.50. The molecular formula is C18H16ClN3O5S. The molecule has 1 heterocycles. The summed E-state index contributed by atoms with van der Waals surface area (Å²) in [6.07, 6.45) is -0.854. The van der Waals surface area contributed by atoms with Crippen molar-refractivity contribution < 1.29 is 22.4 Å². The van der Waals surface area contributed by atoms with Gasteiger partial charge in [-0.1, -0.05) is 29.3 Å². The van der Waals surface area contributed by atoms with E-state index in [1.54, 1.807) is 6.92 Å². The number of sulfonamides is 1. The number of aromatic nitrogens is 2. The number of ether oxygens (including phenoxy) is 1. The largest absolute Gasteiger partial charge is 0.449 e. The quantitative estimate of drug-likeness (QED) is 0.626. The third-order valence-corrected chi connectivity index (χ3v) is 5.24. The summed E-state index contributed by atoms with van der Waals surface area (Å²) in [7, 11) is -4.08. The van der Waals surface area contributed by atoms with Crippen LogP contribution in [0.2, 0.25) is 5.02 Å². The summed E-state index contributed by atoms with van der Waals surface area (Å²) in [6, 6.07) is 11.1. The molecule has 0 saturated heterocycles. The van der Waals surface area contributed by atoms with Crippen LogP contribution in [0.3, 0.4) is 0 Å². The van der Waals surface area contributed by atoms with Crippen LogP contribution in [0.1, 0.15) is 34.8 Å². The van der Waals surface area contributed by atoms with Crippen molar-refractivity contribution in [1.29, 1.82) is 0 Å². The lowest BCUT2D eigenvalue weighted by molar-refractivity contribution is 0.0279. The molecule has 0 radical (unpaired) electrons. The first-order chi connectivity index (χ1) is 13.1. The van der Waals surface area contributed by atoms with E-state index in [9.17, 15) is 13.2 Å². The highest BCUT2D eigenvalue weighted by Crippen LogP contribution is 2.25. The van der Waals surface area contributed by atoms with Crippen LogP contribution in [0, 0.1) is 6.92 Å². The van der Waals surface area contributed by atoms with Crippen molar-refractivity contribution in [3.63, 3.8) is 0 Å². The van der Waals surface area contributed by atoms with Crippen LogP contribution in [-0.4, -0.2) is 24.6 Å². The van der Waals surface area contributed by atoms with Crippen molar-refractivity contribution >= 4 is 27.6 Å². The molecule has 28 heavy (non-hydrogen) atoms. The second-order valence-electron chi connectivity index (χ2n) is 6.05. The zero-order valence-corrected chi connectivity index (χ0v) is 16.5. The van der Waals surface area contributed by atoms with Crippen molar-refractivity contribution in [2.75, 3.05) is 0 Å². The van der Waals surface area contributed by atoms with Gasteiger partial charge in [-0.15, -0.1) is 10.2 Å². The van der Waals surface area contributed by atoms with E-state index >= 15 is 0 Å². The van der Waals surface area contributed by atoms with E-state index in [4.69, 9.17) is 25.9 Å². The summed E-state index contributed by atoms with van der Waals surface area (Å²) >= 11 is 5.81. The van der Waals surface area contributed by atoms with Gasteiger partial charge in [-0.3, -0.25) is 0 Å². The van der Waals surface area contributed by atoms with Crippen molar-refractivity contribution in [3.05, 3.63) is 64.5 Å². The summed E-state index contributed by atoms with van der Waals surface area (Å²) in [4.78, 5) is 12.0. The molecule has 2 N–H and O–H groups in total. The topological polar surface area (TPSA) is 125 Å². The SMILES string of the molecule is Cc1ccc(-c2nnc(C(C)OC(=O)c3ccc(Cl)c(S(N)(=O)=O)c3)o2)cc1. The number of halogens is 1. The summed E-state index contributed by atoms with van der Waals surface area (Å²) in [5.41, 5.74) is 1.80. The van der Waals surface area contributed by atoms with Gasteiger partial charge in [-0.2, -0.15) is 0 Å². The second-order valence-corrected chi connectivity index (χ2v) is 7.99. The molecule has 0 aliphatic carbocycles. The Morgan fingerprint density at radius 3 is 2.50 bits per heavy atom. The van der Waals surface area contributed by atoms with Gasteiger partial charge in [0.15, 0.2) is 6.10 Å². The third kappa shape index (κ3) is 4.38. The van der Waals surface area contributed by atoms with Gasteiger partial charge in [0.1, 0.15) is 4.90 Å². The number of nitrogens with zero attached hydrogens (tertiary/aromatic N) is 2. The van der Waals surface area contributed by atoms with Crippen LogP contribution in [-0.2, 0) is 14.8 Å². The summed E-state index contributed by atoms with van der Waals surface area (Å²) in [5.74, 6) is -0.394. The fourth-order valence-electron chi connectivity index (χ4n) is 2.34. The third-order valence-electron chi connectivity index (χ3n) is 3.84. The highest BCUT2D eigenvalue weighted by atomic mass is 35.5. The predicted octanol–water partition coefficient (Wildman–Crippen LogP) is 3.26. The second kappa shape index (κ2) is 7.70. The van der Waals surface area contributed by atoms with Crippen LogP contribution < -0.4 is 5.14 Å². The molecular weight excluding hydrogens is 406 g/mol. The number of hydrogen-bond donors (Lipinski definition) is 1. The fraction of sp³-hybridized carbons (Fsp3) is 0.167. The first-order valence-corrected chi connectivity index (χ1v) is 10.0. The molecule has 1 aromatic heterocycles. The number of carbonyl (C=O) groups is 1. The molecule has 0 aliphatic rings. The number of rotatable bonds is 5. The molecule has 146 valence electrons. The predicted molar refractivity (Wildman–Crippen MR) is 101 cm³/mol. The lowest BCUT2D eigenvalue weighted by Crippen LogP contribution is -2.15. The minimum Gasteiger partial charge on any atom is -0.449 e. The van der Waals surface area contributed by atoms with Crippen molar-refractivity contribution in [2.24, 2.45) is 5.14 Å². The highest BCUT2D eigenvalue weighted by Gasteiger charge is 2.22. The van der Waals surface area contributed by atoms with E-state index in [1.807, 2.05) is 31.2 Å². The number of benzene rings is 2. The van der Waals surface area contributed by atoms with Gasteiger partial charge < -0.3 is 9.15 Å². The average Bonchev–Trinajstić information content (AvgIpc) is 3.12. The summed E-state index contributed by atoms with van der Waals surface area (Å²) in [6.45, 7) is 3.52. The Morgan fingerprint density at radius 2 is 1.86 bits per heavy atom. The molecule has 0 fully saturated rings. The molecule has 1 atom stereocenters. The van der Waals surface area contributed by atoms with Gasteiger partial charge in [-0.05, 0) is 44.2 Å². The van der Waals surface area contributed by atoms with Crippen LogP contribution in [0.15, 0.2) is 51.8 Å². The van der Waals surface area contributed by atoms with E-state index in [1.165, 1.54) is 12.1 Å². The molecule has 8 nitrogen and oxygen atoms in total. The maximum Gasteiger partial charge on any atom is 0.338 e. The lowest BCUT2D eigenvalue weighted by Gasteiger charge is -2.10. The van der Waals surface area contributed by atoms with E-state index < -0.39 is 22.1 Å². The molecule has 0 saturated carbocycles. The van der Waals surface area contributed by atoms with Gasteiger partial charge in [0.05, 0.1) is 10.6 Å². The minimum absolute atomic E-state index is 0.0291. The monoisotopic (exact) mass is 421 g/mol. The van der Waals surface area contributed by atoms with Crippen LogP contribution in [0.25, 0.3) is 11.5 Å². The number of hydrogen-bond acceptors (Lipinski definition) is 7. The number of nitrogens with two attached hydrogens (primary N) is 1. The fourth-order valence-corrected chi connectivity index (χ4v) is 3.41. The maximum absolute atomic E-state index is 12.3. The number of carbonyl (C=O) groups excluding carboxylic acids is 1. The van der Waals surface area contributed by atoms with Crippen LogP contribution in [0.5, 0.6) is 0 Å². The average molecular weight is 422 g/mol. The van der Waals surface area contributed by atoms with Crippen molar-refractivity contribution in [2.45, 2.75) is 24.8 Å². The maximum atomic E-state index is 12.3. The molecule has 1 unspecified atom stereocenters. The molecule has 0 aliphatic heterocycles. The molecule has 3 rings (SSSR count). The Bertz CT molecular complexity index is 1130. The van der Waals surface area contributed by atoms with Gasteiger partial charge in [0.25, 0.3) is 5.89 Å². The first-order valence-electron chi connectivity index (χ1n) is 8.09. The normalized spacial score (nSPS) is 12.6. The molecule has 3 aromatic rings. The lowest BCUT2D eigenvalue weighted by atomic mass is 10.1. The highest BCUT2D eigenvalue weighted by molar-refractivity contribution is 7.89. The van der Waals surface area contributed by atoms with Gasteiger partial charge in [0, 0.05) is 5.56 Å². The van der Waals surface area contributed by atoms with E-state index in [-0.39, 0.29) is 21.4 Å². The van der Waals surface area contributed by atoms with E-state index in [0.29, 0.717) is 5.89 Å². The van der Waals surface area contributed by atoms with Gasteiger partial charge in [-0.25, -0.2) is 18.4 Å². The zero-order chi connectivity index (χ0) is 20.5. The van der Waals surface area contributed by atoms with Crippen molar-refractivity contribution in [1.82, 2.24) is 10.2 Å². The Labute approximate surface area is 166 Å². The smallest absolute Gasteiger partial charge is 0.338 e. The Hall–Kier alpha value is -2.75. The molecule has 0 spiro atoms. The van der Waals surface area contributed by atoms with Crippen LogP contribution in [0.4, 0.5) is 0 Å². The van der Waals surface area contributed by atoms with E-state index in [0.717, 1.165) is 17.2 Å². The Morgan fingerprint density at radius 1 is 1.18 bits per heavy atom. The molecule has 10 heteroatoms. The zero-order valence-electron chi connectivity index (χ0n) is 14.9. The molecule has 0 bridgehead atoms. The van der Waals surface area contributed by atoms with Gasteiger partial charge >= 0.3 is 5.97 Å². The van der Waals surface area contributed by atoms with Crippen molar-refractivity contribution in [3.8, 4) is 11.5 Å². The standard InChI is InChI=1S/C18H16ClN3O5S/c1-10-3-5-12(6-4-10)17-22-21-16(27-17)11(2)26-18(23)13-7-8-14(19)15(9-13)28(20,24)25/h3-9,11H,1-2H3,(H2,20,24,25). The summed E-state index contributed by atoms with van der Waals surface area (Å²) in [5, 5.41) is 12.9. The Balaban J connectivity index is 1.77. The number of aryl methyl sites for hydroxylation is 1. The van der Waals surface area contributed by atoms with Gasteiger partial charge in [0.2, 0.25) is 15.9 Å². The summed E-state index contributed by atoms with van der Waals surface area (Å²) < 4.78 is 33.9. The number of esters is 1. The van der Waals surface area contributed by atoms with Crippen LogP contribution >= 0.6 is 11.6 Å². The van der Waals surface area contributed by atoms with E-state index in [2.05, 4.69) is 10.2 Å². The minimum atomic E-state index is -4.08. The number of primary sulfonamides is 1. The first kappa shape index (κ1) is 20.0. The molecule has 2 aromatic carbocycles.